The summed E-state index contributed by atoms with van der Waals surface area (Å²) in [7, 11) is -1.39. The number of aromatic amines is 1. The lowest BCUT2D eigenvalue weighted by Gasteiger charge is -2.19. The number of benzene rings is 1. The fraction of sp³-hybridized carbons (Fsp3) is 0.269. The van der Waals surface area contributed by atoms with Gasteiger partial charge in [0.15, 0.2) is 5.43 Å². The SMILES string of the molecule is Cc1cc(-c2c(-c3ccccc3)nc3[nH]ccc(=O)c3c2S(=O)CC2CCCC2)cc(Cl)n1. The van der Waals surface area contributed by atoms with Gasteiger partial charge >= 0.3 is 0 Å². The van der Waals surface area contributed by atoms with E-state index in [-0.39, 0.29) is 5.43 Å². The van der Waals surface area contributed by atoms with E-state index in [1.54, 1.807) is 12.3 Å². The highest BCUT2D eigenvalue weighted by atomic mass is 35.5. The molecule has 0 saturated heterocycles. The molecule has 1 fully saturated rings. The maximum Gasteiger partial charge on any atom is 0.192 e. The average molecular weight is 478 g/mol. The maximum absolute atomic E-state index is 14.0. The molecule has 1 aliphatic rings. The van der Waals surface area contributed by atoms with E-state index in [9.17, 15) is 9.00 Å². The van der Waals surface area contributed by atoms with Crippen LogP contribution in [0.4, 0.5) is 0 Å². The Hall–Kier alpha value is -2.83. The Kier molecular flexibility index (Phi) is 6.13. The standard InChI is InChI=1S/C26H24ClN3O2S/c1-16-13-19(14-21(27)29-16)22-24(18-9-3-2-4-10-18)30-26-23(20(31)11-12-28-26)25(22)33(32)15-17-7-5-6-8-17/h2-4,9-14,17H,5-8,15H2,1H3,(H,28,30,31). The van der Waals surface area contributed by atoms with Gasteiger partial charge in [-0.2, -0.15) is 0 Å². The summed E-state index contributed by atoms with van der Waals surface area (Å²) in [4.78, 5) is 25.9. The zero-order chi connectivity index (χ0) is 22.9. The van der Waals surface area contributed by atoms with E-state index in [1.807, 2.05) is 43.3 Å². The topological polar surface area (TPSA) is 75.7 Å². The Morgan fingerprint density at radius 3 is 2.55 bits per heavy atom. The smallest absolute Gasteiger partial charge is 0.192 e. The van der Waals surface area contributed by atoms with Gasteiger partial charge in [0.05, 0.1) is 26.8 Å². The summed E-state index contributed by atoms with van der Waals surface area (Å²) in [5.41, 5.74) is 3.99. The summed E-state index contributed by atoms with van der Waals surface area (Å²) < 4.78 is 14.0. The second-order valence-electron chi connectivity index (χ2n) is 8.58. The van der Waals surface area contributed by atoms with Gasteiger partial charge in [0, 0.05) is 34.8 Å². The first-order valence-electron chi connectivity index (χ1n) is 11.1. The Labute approximate surface area is 199 Å². The van der Waals surface area contributed by atoms with E-state index in [2.05, 4.69) is 9.97 Å². The molecule has 1 N–H and O–H groups in total. The van der Waals surface area contributed by atoms with Crippen LogP contribution in [0.3, 0.4) is 0 Å². The molecule has 5 rings (SSSR count). The van der Waals surface area contributed by atoms with Gasteiger partial charge in [-0.15, -0.1) is 0 Å². The number of aromatic nitrogens is 3. The molecule has 0 radical (unpaired) electrons. The third-order valence-electron chi connectivity index (χ3n) is 6.20. The van der Waals surface area contributed by atoms with Gasteiger partial charge in [0.2, 0.25) is 0 Å². The molecule has 5 nitrogen and oxygen atoms in total. The third kappa shape index (κ3) is 4.37. The number of hydrogen-bond acceptors (Lipinski definition) is 4. The number of rotatable bonds is 5. The van der Waals surface area contributed by atoms with Crippen LogP contribution in [-0.2, 0) is 10.8 Å². The van der Waals surface area contributed by atoms with E-state index in [4.69, 9.17) is 16.6 Å². The van der Waals surface area contributed by atoms with Gasteiger partial charge in [0.1, 0.15) is 10.8 Å². The molecule has 0 amide bonds. The van der Waals surface area contributed by atoms with Crippen LogP contribution in [0, 0.1) is 12.8 Å². The van der Waals surface area contributed by atoms with Crippen molar-refractivity contribution in [3.05, 3.63) is 75.8 Å². The number of nitrogens with zero attached hydrogens (tertiary/aromatic N) is 2. The molecule has 3 heterocycles. The van der Waals surface area contributed by atoms with E-state index in [0.29, 0.717) is 44.0 Å². The second kappa shape index (κ2) is 9.20. The number of halogens is 1. The molecule has 7 heteroatoms. The van der Waals surface area contributed by atoms with Gasteiger partial charge in [0.25, 0.3) is 0 Å². The normalized spacial score (nSPS) is 15.2. The fourth-order valence-electron chi connectivity index (χ4n) is 4.72. The molecule has 0 bridgehead atoms. The molecular weight excluding hydrogens is 454 g/mol. The Morgan fingerprint density at radius 1 is 1.06 bits per heavy atom. The second-order valence-corrected chi connectivity index (χ2v) is 10.4. The van der Waals surface area contributed by atoms with Crippen LogP contribution in [0.25, 0.3) is 33.4 Å². The lowest BCUT2D eigenvalue weighted by molar-refractivity contribution is 0.605. The molecule has 3 aromatic heterocycles. The van der Waals surface area contributed by atoms with Gasteiger partial charge in [-0.25, -0.2) is 9.97 Å². The minimum absolute atomic E-state index is 0.191. The van der Waals surface area contributed by atoms with E-state index in [1.165, 1.54) is 18.9 Å². The van der Waals surface area contributed by atoms with Crippen molar-refractivity contribution in [2.24, 2.45) is 5.92 Å². The number of aryl methyl sites for hydroxylation is 1. The molecule has 1 atom stereocenters. The van der Waals surface area contributed by atoms with Gasteiger partial charge in [-0.05, 0) is 43.4 Å². The highest BCUT2D eigenvalue weighted by Gasteiger charge is 2.27. The predicted octanol–water partition coefficient (Wildman–Crippen LogP) is 5.91. The number of fused-ring (bicyclic) bond motifs is 1. The van der Waals surface area contributed by atoms with Crippen LogP contribution in [0.2, 0.25) is 5.15 Å². The predicted molar refractivity (Wildman–Crippen MR) is 134 cm³/mol. The average Bonchev–Trinajstić information content (AvgIpc) is 3.31. The van der Waals surface area contributed by atoms with Crippen LogP contribution in [0.1, 0.15) is 31.4 Å². The summed E-state index contributed by atoms with van der Waals surface area (Å²) in [6, 6.07) is 14.9. The van der Waals surface area contributed by atoms with Crippen molar-refractivity contribution in [2.75, 3.05) is 5.75 Å². The van der Waals surface area contributed by atoms with E-state index < -0.39 is 10.8 Å². The van der Waals surface area contributed by atoms with Crippen molar-refractivity contribution in [3.63, 3.8) is 0 Å². The number of pyridine rings is 3. The Morgan fingerprint density at radius 2 is 1.82 bits per heavy atom. The summed E-state index contributed by atoms with van der Waals surface area (Å²) in [6.07, 6.45) is 6.07. The molecule has 1 saturated carbocycles. The molecule has 4 aromatic rings. The molecule has 1 aliphatic carbocycles. The largest absolute Gasteiger partial charge is 0.346 e. The lowest BCUT2D eigenvalue weighted by Crippen LogP contribution is -2.14. The van der Waals surface area contributed by atoms with Crippen molar-refractivity contribution in [3.8, 4) is 22.4 Å². The summed E-state index contributed by atoms with van der Waals surface area (Å²) in [5, 5.41) is 0.729. The first-order chi connectivity index (χ1) is 16.0. The van der Waals surface area contributed by atoms with Crippen LogP contribution >= 0.6 is 11.6 Å². The molecule has 1 unspecified atom stereocenters. The summed E-state index contributed by atoms with van der Waals surface area (Å²) >= 11 is 6.34. The first kappa shape index (κ1) is 22.0. The first-order valence-corrected chi connectivity index (χ1v) is 12.8. The summed E-state index contributed by atoms with van der Waals surface area (Å²) in [6.45, 7) is 1.87. The van der Waals surface area contributed by atoms with Gasteiger partial charge < -0.3 is 4.98 Å². The number of H-pyrrole nitrogens is 1. The zero-order valence-electron chi connectivity index (χ0n) is 18.3. The van der Waals surface area contributed by atoms with Crippen molar-refractivity contribution in [2.45, 2.75) is 37.5 Å². The van der Waals surface area contributed by atoms with Crippen molar-refractivity contribution in [1.82, 2.24) is 15.0 Å². The van der Waals surface area contributed by atoms with Crippen LogP contribution in [-0.4, -0.2) is 24.9 Å². The molecule has 1 aromatic carbocycles. The molecule has 168 valence electrons. The van der Waals surface area contributed by atoms with Crippen LogP contribution in [0.15, 0.2) is 64.4 Å². The molecule has 33 heavy (non-hydrogen) atoms. The highest BCUT2D eigenvalue weighted by molar-refractivity contribution is 7.85. The zero-order valence-corrected chi connectivity index (χ0v) is 19.9. The van der Waals surface area contributed by atoms with Gasteiger partial charge in [-0.1, -0.05) is 54.8 Å². The Balaban J connectivity index is 1.87. The number of hydrogen-bond donors (Lipinski definition) is 1. The van der Waals surface area contributed by atoms with E-state index in [0.717, 1.165) is 29.7 Å². The quantitative estimate of drug-likeness (QED) is 0.362. The summed E-state index contributed by atoms with van der Waals surface area (Å²) in [5.74, 6) is 0.930. The van der Waals surface area contributed by atoms with Crippen LogP contribution < -0.4 is 5.43 Å². The maximum atomic E-state index is 14.0. The Bertz CT molecular complexity index is 1390. The van der Waals surface area contributed by atoms with Crippen molar-refractivity contribution < 1.29 is 4.21 Å². The van der Waals surface area contributed by atoms with Crippen molar-refractivity contribution in [1.29, 1.82) is 0 Å². The minimum atomic E-state index is -1.39. The monoisotopic (exact) mass is 477 g/mol. The molecular formula is C26H24ClN3O2S. The lowest BCUT2D eigenvalue weighted by atomic mass is 9.98. The van der Waals surface area contributed by atoms with E-state index >= 15 is 0 Å². The van der Waals surface area contributed by atoms with Crippen molar-refractivity contribution >= 4 is 33.4 Å². The fourth-order valence-corrected chi connectivity index (χ4v) is 6.77. The minimum Gasteiger partial charge on any atom is -0.346 e. The third-order valence-corrected chi connectivity index (χ3v) is 8.03. The van der Waals surface area contributed by atoms with Crippen LogP contribution in [0.5, 0.6) is 0 Å². The number of nitrogens with one attached hydrogen (secondary N) is 1. The molecule has 0 aliphatic heterocycles. The molecule has 0 spiro atoms. The van der Waals surface area contributed by atoms with Gasteiger partial charge in [-0.3, -0.25) is 9.00 Å². The highest BCUT2D eigenvalue weighted by Crippen LogP contribution is 2.40.